The van der Waals surface area contributed by atoms with Crippen LogP contribution in [-0.4, -0.2) is 29.1 Å². The van der Waals surface area contributed by atoms with Gasteiger partial charge in [0.15, 0.2) is 0 Å². The van der Waals surface area contributed by atoms with Gasteiger partial charge in [0.05, 0.1) is 12.1 Å². The zero-order chi connectivity index (χ0) is 12.0. The summed E-state index contributed by atoms with van der Waals surface area (Å²) < 4.78 is 5.16. The molecule has 0 fully saturated rings. The molecule has 0 saturated heterocycles. The van der Waals surface area contributed by atoms with Crippen LogP contribution < -0.4 is 0 Å². The van der Waals surface area contributed by atoms with E-state index in [1.807, 2.05) is 4.90 Å². The van der Waals surface area contributed by atoms with Gasteiger partial charge in [-0.2, -0.15) is 0 Å². The molecule has 4 heteroatoms. The minimum Gasteiger partial charge on any atom is -0.478 e. The highest BCUT2D eigenvalue weighted by Crippen LogP contribution is 2.10. The van der Waals surface area contributed by atoms with E-state index < -0.39 is 5.97 Å². The van der Waals surface area contributed by atoms with Crippen LogP contribution in [0.1, 0.15) is 16.1 Å². The van der Waals surface area contributed by atoms with Crippen LogP contribution in [0.2, 0.25) is 0 Å². The summed E-state index contributed by atoms with van der Waals surface area (Å²) in [6, 6.07) is 1.53. The van der Waals surface area contributed by atoms with Crippen LogP contribution in [0.5, 0.6) is 0 Å². The Morgan fingerprint density at radius 1 is 1.44 bits per heavy atom. The highest BCUT2D eigenvalue weighted by Gasteiger charge is 2.10. The Bertz CT molecular complexity index is 371. The fourth-order valence-corrected chi connectivity index (χ4v) is 1.36. The van der Waals surface area contributed by atoms with Gasteiger partial charge >= 0.3 is 5.97 Å². The van der Waals surface area contributed by atoms with Gasteiger partial charge in [0.25, 0.3) is 0 Å². The van der Waals surface area contributed by atoms with Gasteiger partial charge in [-0.25, -0.2) is 4.79 Å². The Morgan fingerprint density at radius 3 is 2.50 bits per heavy atom. The van der Waals surface area contributed by atoms with E-state index in [1.54, 1.807) is 12.2 Å². The first-order chi connectivity index (χ1) is 7.67. The lowest BCUT2D eigenvalue weighted by Crippen LogP contribution is -2.22. The Labute approximate surface area is 94.5 Å². The molecule has 0 unspecified atom stereocenters. The highest BCUT2D eigenvalue weighted by molar-refractivity contribution is 5.87. The Kier molecular flexibility index (Phi) is 4.54. The molecule has 0 saturated carbocycles. The number of carboxylic acids is 1. The van der Waals surface area contributed by atoms with Crippen molar-refractivity contribution in [2.45, 2.75) is 6.54 Å². The number of carboxylic acid groups (broad SMARTS) is 1. The van der Waals surface area contributed by atoms with Gasteiger partial charge in [-0.1, -0.05) is 12.2 Å². The summed E-state index contributed by atoms with van der Waals surface area (Å²) in [7, 11) is 0. The molecule has 1 aromatic heterocycles. The fraction of sp³-hybridized carbons (Fsp3) is 0.250. The number of hydrogen-bond acceptors (Lipinski definition) is 3. The quantitative estimate of drug-likeness (QED) is 0.717. The maximum absolute atomic E-state index is 10.6. The molecule has 1 aromatic rings. The van der Waals surface area contributed by atoms with Crippen molar-refractivity contribution in [3.8, 4) is 0 Å². The standard InChI is InChI=1S/C12H15NO3/c1-3-5-13(6-4-2)8-11-7-10(9-16-11)12(14)15/h3-4,7,9H,1-2,5-6,8H2,(H,14,15). The topological polar surface area (TPSA) is 53.7 Å². The minimum atomic E-state index is -0.978. The molecule has 4 nitrogen and oxygen atoms in total. The van der Waals surface area contributed by atoms with E-state index in [0.717, 1.165) is 0 Å². The summed E-state index contributed by atoms with van der Waals surface area (Å²) >= 11 is 0. The van der Waals surface area contributed by atoms with Gasteiger partial charge in [-0.15, -0.1) is 13.2 Å². The number of rotatable bonds is 7. The predicted molar refractivity (Wildman–Crippen MR) is 61.3 cm³/mol. The summed E-state index contributed by atoms with van der Waals surface area (Å²) in [5, 5.41) is 8.73. The fourth-order valence-electron chi connectivity index (χ4n) is 1.36. The van der Waals surface area contributed by atoms with Gasteiger partial charge in [-0.3, -0.25) is 4.90 Å². The molecular formula is C12H15NO3. The predicted octanol–water partition coefficient (Wildman–Crippen LogP) is 2.15. The molecule has 0 radical (unpaired) electrons. The molecule has 1 heterocycles. The van der Waals surface area contributed by atoms with Crippen LogP contribution in [0, 0.1) is 0 Å². The number of carbonyl (C=O) groups is 1. The van der Waals surface area contributed by atoms with E-state index >= 15 is 0 Å². The second-order valence-corrected chi connectivity index (χ2v) is 3.38. The molecule has 0 amide bonds. The number of hydrogen-bond donors (Lipinski definition) is 1. The van der Waals surface area contributed by atoms with Gasteiger partial charge in [0, 0.05) is 13.1 Å². The molecule has 0 aliphatic carbocycles. The van der Waals surface area contributed by atoms with Gasteiger partial charge in [0.1, 0.15) is 12.0 Å². The molecule has 0 atom stereocenters. The molecule has 0 spiro atoms. The van der Waals surface area contributed by atoms with Gasteiger partial charge in [-0.05, 0) is 6.07 Å². The average molecular weight is 221 g/mol. The van der Waals surface area contributed by atoms with Crippen LogP contribution in [-0.2, 0) is 6.54 Å². The van der Waals surface area contributed by atoms with Crippen molar-refractivity contribution < 1.29 is 14.3 Å². The van der Waals surface area contributed by atoms with Crippen molar-refractivity contribution in [2.24, 2.45) is 0 Å². The maximum Gasteiger partial charge on any atom is 0.338 e. The van der Waals surface area contributed by atoms with Crippen molar-refractivity contribution in [2.75, 3.05) is 13.1 Å². The Hall–Kier alpha value is -1.81. The SMILES string of the molecule is C=CCN(CC=C)Cc1cc(C(=O)O)co1. The van der Waals surface area contributed by atoms with Crippen molar-refractivity contribution in [1.82, 2.24) is 4.90 Å². The number of nitrogens with zero attached hydrogens (tertiary/aromatic N) is 1. The summed E-state index contributed by atoms with van der Waals surface area (Å²) in [5.41, 5.74) is 0.173. The second-order valence-electron chi connectivity index (χ2n) is 3.38. The van der Waals surface area contributed by atoms with Crippen LogP contribution in [0.4, 0.5) is 0 Å². The van der Waals surface area contributed by atoms with Crippen molar-refractivity contribution in [3.63, 3.8) is 0 Å². The first-order valence-corrected chi connectivity index (χ1v) is 4.92. The van der Waals surface area contributed by atoms with Crippen molar-refractivity contribution in [1.29, 1.82) is 0 Å². The van der Waals surface area contributed by atoms with Crippen LogP contribution in [0.25, 0.3) is 0 Å². The van der Waals surface area contributed by atoms with Crippen LogP contribution in [0.3, 0.4) is 0 Å². The zero-order valence-corrected chi connectivity index (χ0v) is 9.06. The molecule has 0 aliphatic rings. The van der Waals surface area contributed by atoms with E-state index in [2.05, 4.69) is 13.2 Å². The molecule has 1 N–H and O–H groups in total. The lowest BCUT2D eigenvalue weighted by molar-refractivity contribution is 0.0696. The summed E-state index contributed by atoms with van der Waals surface area (Å²) in [6.07, 6.45) is 4.81. The number of aromatic carboxylic acids is 1. The first-order valence-electron chi connectivity index (χ1n) is 4.92. The largest absolute Gasteiger partial charge is 0.478 e. The number of furan rings is 1. The summed E-state index contributed by atoms with van der Waals surface area (Å²) in [4.78, 5) is 12.7. The first kappa shape index (κ1) is 12.3. The lowest BCUT2D eigenvalue weighted by Gasteiger charge is -2.16. The third kappa shape index (κ3) is 3.40. The molecular weight excluding hydrogens is 206 g/mol. The van der Waals surface area contributed by atoms with E-state index in [4.69, 9.17) is 9.52 Å². The molecule has 86 valence electrons. The molecule has 1 rings (SSSR count). The monoisotopic (exact) mass is 221 g/mol. The Morgan fingerprint density at radius 2 is 2.06 bits per heavy atom. The third-order valence-electron chi connectivity index (χ3n) is 2.05. The van der Waals surface area contributed by atoms with Crippen molar-refractivity contribution in [3.05, 3.63) is 49.0 Å². The smallest absolute Gasteiger partial charge is 0.338 e. The normalized spacial score (nSPS) is 10.3. The Balaban J connectivity index is 2.65. The third-order valence-corrected chi connectivity index (χ3v) is 2.05. The molecule has 0 bridgehead atoms. The van der Waals surface area contributed by atoms with Crippen molar-refractivity contribution >= 4 is 5.97 Å². The zero-order valence-electron chi connectivity index (χ0n) is 9.06. The van der Waals surface area contributed by atoms with E-state index in [-0.39, 0.29) is 5.56 Å². The summed E-state index contributed by atoms with van der Waals surface area (Å²) in [5.74, 6) is -0.352. The minimum absolute atomic E-state index is 0.173. The molecule has 16 heavy (non-hydrogen) atoms. The summed E-state index contributed by atoms with van der Waals surface area (Å²) in [6.45, 7) is 9.27. The lowest BCUT2D eigenvalue weighted by atomic mass is 10.3. The second kappa shape index (κ2) is 5.92. The van der Waals surface area contributed by atoms with E-state index in [0.29, 0.717) is 25.4 Å². The van der Waals surface area contributed by atoms with Gasteiger partial charge < -0.3 is 9.52 Å². The van der Waals surface area contributed by atoms with Gasteiger partial charge in [0.2, 0.25) is 0 Å². The molecule has 0 aromatic carbocycles. The average Bonchev–Trinajstić information content (AvgIpc) is 2.67. The maximum atomic E-state index is 10.6. The van der Waals surface area contributed by atoms with Crippen LogP contribution in [0.15, 0.2) is 42.1 Å². The highest BCUT2D eigenvalue weighted by atomic mass is 16.4. The molecule has 0 aliphatic heterocycles. The van der Waals surface area contributed by atoms with E-state index in [1.165, 1.54) is 12.3 Å². The van der Waals surface area contributed by atoms with E-state index in [9.17, 15) is 4.79 Å². The van der Waals surface area contributed by atoms with Crippen LogP contribution >= 0.6 is 0 Å².